The summed E-state index contributed by atoms with van der Waals surface area (Å²) in [6, 6.07) is 12.1. The van der Waals surface area contributed by atoms with Crippen molar-refractivity contribution in [2.75, 3.05) is 5.32 Å². The molecule has 10 heteroatoms. The molecule has 0 aliphatic heterocycles. The van der Waals surface area contributed by atoms with Crippen LogP contribution in [0.3, 0.4) is 0 Å². The molecule has 152 valence electrons. The molecule has 0 fully saturated rings. The summed E-state index contributed by atoms with van der Waals surface area (Å²) in [5, 5.41) is 1.98. The number of alkyl halides is 3. The molecule has 30 heavy (non-hydrogen) atoms. The molecule has 0 atom stereocenters. The van der Waals surface area contributed by atoms with Crippen LogP contribution in [-0.2, 0) is 6.18 Å². The summed E-state index contributed by atoms with van der Waals surface area (Å²) in [5.41, 5.74) is -1.11. The second-order valence-corrected chi connectivity index (χ2v) is 6.58. The van der Waals surface area contributed by atoms with Gasteiger partial charge in [0.2, 0.25) is 5.95 Å². The lowest BCUT2D eigenvalue weighted by molar-refractivity contribution is -0.136. The number of nitrogens with one attached hydrogen (secondary N) is 2. The van der Waals surface area contributed by atoms with E-state index in [1.54, 1.807) is 36.7 Å². The highest BCUT2D eigenvalue weighted by Crippen LogP contribution is 2.39. The van der Waals surface area contributed by atoms with Crippen LogP contribution in [-0.4, -0.2) is 20.9 Å². The van der Waals surface area contributed by atoms with E-state index in [9.17, 15) is 18.0 Å². The van der Waals surface area contributed by atoms with Crippen molar-refractivity contribution in [3.05, 3.63) is 77.1 Å². The summed E-state index contributed by atoms with van der Waals surface area (Å²) < 4.78 is 45.5. The minimum absolute atomic E-state index is 0.0943. The maximum Gasteiger partial charge on any atom is 0.420 e. The molecule has 2 N–H and O–H groups in total. The van der Waals surface area contributed by atoms with Crippen LogP contribution in [0.25, 0.3) is 11.0 Å². The number of fused-ring (bicyclic) bond motifs is 1. The lowest BCUT2D eigenvalue weighted by Crippen LogP contribution is -2.13. The zero-order valence-electron chi connectivity index (χ0n) is 15.0. The van der Waals surface area contributed by atoms with Crippen LogP contribution < -0.4 is 10.1 Å². The van der Waals surface area contributed by atoms with Crippen LogP contribution in [0.1, 0.15) is 15.9 Å². The number of imidazole rings is 1. The summed E-state index contributed by atoms with van der Waals surface area (Å²) >= 11 is 5.70. The Morgan fingerprint density at radius 2 is 1.83 bits per heavy atom. The number of rotatable bonds is 4. The third-order valence-corrected chi connectivity index (χ3v) is 4.42. The average Bonchev–Trinajstić information content (AvgIpc) is 3.09. The van der Waals surface area contributed by atoms with E-state index in [-0.39, 0.29) is 22.5 Å². The first-order valence-electron chi connectivity index (χ1n) is 8.56. The summed E-state index contributed by atoms with van der Waals surface area (Å²) in [4.78, 5) is 23.0. The first kappa shape index (κ1) is 19.7. The van der Waals surface area contributed by atoms with E-state index < -0.39 is 22.7 Å². The largest absolute Gasteiger partial charge is 0.457 e. The van der Waals surface area contributed by atoms with Crippen molar-refractivity contribution in [3.8, 4) is 11.5 Å². The predicted octanol–water partition coefficient (Wildman–Crippen LogP) is 5.67. The van der Waals surface area contributed by atoms with Gasteiger partial charge in [0.05, 0.1) is 10.5 Å². The number of carbonyl (C=O) groups is 1. The third-order valence-electron chi connectivity index (χ3n) is 4.10. The molecule has 0 aliphatic rings. The molecule has 4 aromatic rings. The molecule has 4 rings (SSSR count). The van der Waals surface area contributed by atoms with E-state index >= 15 is 0 Å². The quantitative estimate of drug-likeness (QED) is 0.435. The van der Waals surface area contributed by atoms with Crippen LogP contribution in [0.5, 0.6) is 11.5 Å². The van der Waals surface area contributed by atoms with Crippen molar-refractivity contribution in [1.29, 1.82) is 0 Å². The molecular formula is C20H12ClF3N4O2. The summed E-state index contributed by atoms with van der Waals surface area (Å²) in [6.07, 6.45) is -1.56. The molecule has 0 bridgehead atoms. The number of ether oxygens (including phenoxy) is 1. The zero-order valence-corrected chi connectivity index (χ0v) is 15.8. The van der Waals surface area contributed by atoms with E-state index in [1.807, 2.05) is 0 Å². The van der Waals surface area contributed by atoms with Crippen LogP contribution >= 0.6 is 11.6 Å². The van der Waals surface area contributed by atoms with Gasteiger partial charge in [-0.25, -0.2) is 4.98 Å². The molecule has 1 amide bonds. The van der Waals surface area contributed by atoms with Crippen molar-refractivity contribution in [2.24, 2.45) is 0 Å². The van der Waals surface area contributed by atoms with Crippen molar-refractivity contribution < 1.29 is 22.7 Å². The Morgan fingerprint density at radius 3 is 2.57 bits per heavy atom. The monoisotopic (exact) mass is 432 g/mol. The van der Waals surface area contributed by atoms with Gasteiger partial charge in [-0.2, -0.15) is 13.2 Å². The number of H-pyrrole nitrogens is 1. The van der Waals surface area contributed by atoms with Gasteiger partial charge in [-0.15, -0.1) is 0 Å². The fourth-order valence-corrected chi connectivity index (χ4v) is 3.06. The van der Waals surface area contributed by atoms with E-state index in [0.29, 0.717) is 11.5 Å². The van der Waals surface area contributed by atoms with Gasteiger partial charge in [0, 0.05) is 18.0 Å². The smallest absolute Gasteiger partial charge is 0.420 e. The number of hydrogen-bond acceptors (Lipinski definition) is 4. The van der Waals surface area contributed by atoms with Crippen molar-refractivity contribution in [3.63, 3.8) is 0 Å². The zero-order chi connectivity index (χ0) is 21.3. The van der Waals surface area contributed by atoms with Crippen molar-refractivity contribution >= 4 is 34.5 Å². The Morgan fingerprint density at radius 1 is 1.07 bits per heavy atom. The lowest BCUT2D eigenvalue weighted by Gasteiger charge is -2.08. The molecule has 0 radical (unpaired) electrons. The van der Waals surface area contributed by atoms with Gasteiger partial charge in [0.1, 0.15) is 22.6 Å². The average molecular weight is 433 g/mol. The summed E-state index contributed by atoms with van der Waals surface area (Å²) in [7, 11) is 0. The maximum absolute atomic E-state index is 13.3. The normalized spacial score (nSPS) is 11.5. The molecule has 0 unspecified atom stereocenters. The van der Waals surface area contributed by atoms with Crippen molar-refractivity contribution in [2.45, 2.75) is 6.18 Å². The Balaban J connectivity index is 1.59. The topological polar surface area (TPSA) is 79.9 Å². The first-order valence-corrected chi connectivity index (χ1v) is 8.94. The SMILES string of the molecule is O=C(Nc1nc2c(C(F)(F)F)c(Cl)ccc2[nH]1)c1cccc(Oc2ccncc2)c1. The van der Waals surface area contributed by atoms with Crippen LogP contribution in [0.4, 0.5) is 19.1 Å². The molecule has 6 nitrogen and oxygen atoms in total. The number of aromatic nitrogens is 3. The Hall–Kier alpha value is -3.59. The highest BCUT2D eigenvalue weighted by molar-refractivity contribution is 6.32. The fourth-order valence-electron chi connectivity index (χ4n) is 2.80. The van der Waals surface area contributed by atoms with Crippen LogP contribution in [0.2, 0.25) is 5.02 Å². The lowest BCUT2D eigenvalue weighted by atomic mass is 10.2. The van der Waals surface area contributed by atoms with Crippen LogP contribution in [0, 0.1) is 0 Å². The van der Waals surface area contributed by atoms with Gasteiger partial charge in [-0.1, -0.05) is 17.7 Å². The number of halogens is 4. The van der Waals surface area contributed by atoms with Gasteiger partial charge in [0.15, 0.2) is 0 Å². The van der Waals surface area contributed by atoms with Gasteiger partial charge in [0.25, 0.3) is 5.91 Å². The second-order valence-electron chi connectivity index (χ2n) is 6.17. The maximum atomic E-state index is 13.3. The molecule has 0 saturated heterocycles. The van der Waals surface area contributed by atoms with E-state index in [2.05, 4.69) is 20.3 Å². The minimum atomic E-state index is -4.69. The Labute approximate surface area is 172 Å². The van der Waals surface area contributed by atoms with Gasteiger partial charge in [-0.05, 0) is 42.5 Å². The van der Waals surface area contributed by atoms with E-state index in [1.165, 1.54) is 18.2 Å². The number of carbonyl (C=O) groups excluding carboxylic acids is 1. The van der Waals surface area contributed by atoms with E-state index in [4.69, 9.17) is 16.3 Å². The molecule has 0 spiro atoms. The predicted molar refractivity (Wildman–Crippen MR) is 105 cm³/mol. The van der Waals surface area contributed by atoms with Crippen LogP contribution in [0.15, 0.2) is 60.9 Å². The van der Waals surface area contributed by atoms with Gasteiger partial charge < -0.3 is 9.72 Å². The highest BCUT2D eigenvalue weighted by atomic mass is 35.5. The first-order chi connectivity index (χ1) is 14.3. The standard InChI is InChI=1S/C20H12ClF3N4O2/c21-14-4-5-15-17(16(14)20(22,23)24)27-19(26-15)28-18(29)11-2-1-3-13(10-11)30-12-6-8-25-9-7-12/h1-10H,(H2,26,27,28,29). The molecule has 0 aliphatic carbocycles. The number of amides is 1. The van der Waals surface area contributed by atoms with Gasteiger partial charge >= 0.3 is 6.18 Å². The highest BCUT2D eigenvalue weighted by Gasteiger charge is 2.36. The van der Waals surface area contributed by atoms with Crippen molar-refractivity contribution in [1.82, 2.24) is 15.0 Å². The Bertz CT molecular complexity index is 1230. The number of hydrogen-bond donors (Lipinski definition) is 2. The van der Waals surface area contributed by atoms with Gasteiger partial charge in [-0.3, -0.25) is 15.1 Å². The molecule has 2 aromatic heterocycles. The number of benzene rings is 2. The molecular weight excluding hydrogens is 421 g/mol. The minimum Gasteiger partial charge on any atom is -0.457 e. The molecule has 2 aromatic carbocycles. The number of anilines is 1. The summed E-state index contributed by atoms with van der Waals surface area (Å²) in [5.74, 6) is 0.234. The Kier molecular flexibility index (Phi) is 5.04. The number of aromatic amines is 1. The molecule has 2 heterocycles. The number of nitrogens with zero attached hydrogens (tertiary/aromatic N) is 2. The van der Waals surface area contributed by atoms with E-state index in [0.717, 1.165) is 6.07 Å². The molecule has 0 saturated carbocycles. The number of pyridine rings is 1. The third kappa shape index (κ3) is 4.06. The fraction of sp³-hybridized carbons (Fsp3) is 0.0500. The summed E-state index contributed by atoms with van der Waals surface area (Å²) in [6.45, 7) is 0. The second kappa shape index (κ2) is 7.68.